The molecule has 0 radical (unpaired) electrons. The van der Waals surface area contributed by atoms with Crippen molar-refractivity contribution < 1.29 is 9.90 Å². The Morgan fingerprint density at radius 2 is 1.88 bits per heavy atom. The average Bonchev–Trinajstić information content (AvgIpc) is 2.91. The Kier molecular flexibility index (Phi) is 4.81. The molecule has 6 nitrogen and oxygen atoms in total. The molecule has 126 valence electrons. The van der Waals surface area contributed by atoms with Crippen molar-refractivity contribution in [1.82, 2.24) is 15.2 Å². The van der Waals surface area contributed by atoms with Crippen molar-refractivity contribution in [1.29, 1.82) is 0 Å². The van der Waals surface area contributed by atoms with Crippen molar-refractivity contribution in [2.45, 2.75) is 6.92 Å². The molecule has 2 N–H and O–H groups in total. The van der Waals surface area contributed by atoms with Crippen LogP contribution in [0.4, 0.5) is 0 Å². The fourth-order valence-corrected chi connectivity index (χ4v) is 2.60. The third-order valence-corrected chi connectivity index (χ3v) is 3.92. The van der Waals surface area contributed by atoms with E-state index in [-0.39, 0.29) is 11.3 Å². The second kappa shape index (κ2) is 7.19. The molecule has 0 fully saturated rings. The van der Waals surface area contributed by atoms with Gasteiger partial charge in [0, 0.05) is 0 Å². The smallest absolute Gasteiger partial charge is 0.275 e. The molecule has 0 unspecified atom stereocenters. The molecule has 0 aliphatic rings. The summed E-state index contributed by atoms with van der Waals surface area (Å²) in [5.74, 6) is -0.625. The number of aryl methyl sites for hydroxylation is 1. The van der Waals surface area contributed by atoms with Crippen molar-refractivity contribution >= 4 is 23.7 Å². The average molecular weight is 355 g/mol. The highest BCUT2D eigenvalue weighted by Gasteiger charge is 2.13. The van der Waals surface area contributed by atoms with Gasteiger partial charge < -0.3 is 5.11 Å². The van der Waals surface area contributed by atoms with Crippen LogP contribution in [-0.2, 0) is 0 Å². The predicted molar refractivity (Wildman–Crippen MR) is 96.5 cm³/mol. The molecule has 3 aromatic rings. The maximum atomic E-state index is 12.0. The van der Waals surface area contributed by atoms with Crippen LogP contribution < -0.4 is 5.43 Å². The number of aromatic nitrogens is 2. The lowest BCUT2D eigenvalue weighted by molar-refractivity contribution is 0.0952. The largest absolute Gasteiger partial charge is 0.507 e. The molecule has 1 heterocycles. The van der Waals surface area contributed by atoms with Crippen molar-refractivity contribution in [3.8, 4) is 11.4 Å². The predicted octanol–water partition coefficient (Wildman–Crippen LogP) is 3.30. The van der Waals surface area contributed by atoms with E-state index >= 15 is 0 Å². The Morgan fingerprint density at radius 1 is 1.20 bits per heavy atom. The number of nitrogens with zero attached hydrogens (tertiary/aromatic N) is 3. The summed E-state index contributed by atoms with van der Waals surface area (Å²) in [5.41, 5.74) is 4.61. The molecule has 0 atom stereocenters. The van der Waals surface area contributed by atoms with Crippen LogP contribution in [0.25, 0.3) is 5.69 Å². The number of amides is 1. The van der Waals surface area contributed by atoms with Gasteiger partial charge in [-0.2, -0.15) is 10.2 Å². The fourth-order valence-electron chi connectivity index (χ4n) is 2.28. The number of hydrazone groups is 1. The quantitative estimate of drug-likeness (QED) is 0.557. The molecule has 3 rings (SSSR count). The topological polar surface area (TPSA) is 79.5 Å². The Hall–Kier alpha value is -3.12. The van der Waals surface area contributed by atoms with Gasteiger partial charge in [-0.1, -0.05) is 41.9 Å². The number of halogens is 1. The minimum Gasteiger partial charge on any atom is -0.507 e. The molecule has 1 aromatic heterocycles. The van der Waals surface area contributed by atoms with Crippen molar-refractivity contribution in [2.24, 2.45) is 5.10 Å². The number of hydrogen-bond acceptors (Lipinski definition) is 4. The summed E-state index contributed by atoms with van der Waals surface area (Å²) in [5, 5.41) is 18.4. The van der Waals surface area contributed by atoms with Crippen LogP contribution in [-0.4, -0.2) is 27.0 Å². The van der Waals surface area contributed by atoms with Gasteiger partial charge >= 0.3 is 0 Å². The molecule has 25 heavy (non-hydrogen) atoms. The molecular formula is C18H15ClN4O2. The summed E-state index contributed by atoms with van der Waals surface area (Å²) in [6.45, 7) is 1.80. The second-order valence-electron chi connectivity index (χ2n) is 5.25. The number of benzene rings is 2. The van der Waals surface area contributed by atoms with Gasteiger partial charge in [0.25, 0.3) is 5.91 Å². The minimum absolute atomic E-state index is 0.110. The summed E-state index contributed by atoms with van der Waals surface area (Å²) in [6.07, 6.45) is 1.43. The van der Waals surface area contributed by atoms with Crippen molar-refractivity contribution in [3.05, 3.63) is 76.6 Å². The number of phenolic OH excluding ortho intramolecular Hbond substituents is 1. The van der Waals surface area contributed by atoms with Gasteiger partial charge in [-0.15, -0.1) is 0 Å². The number of carbonyl (C=O) groups is 1. The molecule has 0 aliphatic carbocycles. The number of aromatic hydroxyl groups is 1. The lowest BCUT2D eigenvalue weighted by Gasteiger charge is -2.02. The fraction of sp³-hybridized carbons (Fsp3) is 0.0556. The van der Waals surface area contributed by atoms with Crippen LogP contribution >= 0.6 is 11.6 Å². The minimum atomic E-state index is -0.515. The lowest BCUT2D eigenvalue weighted by Crippen LogP contribution is -2.17. The molecule has 0 saturated carbocycles. The van der Waals surface area contributed by atoms with Crippen LogP contribution in [0.3, 0.4) is 0 Å². The van der Waals surface area contributed by atoms with Gasteiger partial charge in [0.15, 0.2) is 0 Å². The third-order valence-electron chi connectivity index (χ3n) is 3.56. The summed E-state index contributed by atoms with van der Waals surface area (Å²) in [4.78, 5) is 12.0. The Labute approximate surface area is 149 Å². The number of phenols is 1. The van der Waals surface area contributed by atoms with Crippen LogP contribution in [0.1, 0.15) is 21.6 Å². The first-order valence-electron chi connectivity index (χ1n) is 7.50. The Morgan fingerprint density at radius 3 is 2.60 bits per heavy atom. The van der Waals surface area contributed by atoms with E-state index in [0.717, 1.165) is 5.69 Å². The van der Waals surface area contributed by atoms with E-state index in [1.165, 1.54) is 18.3 Å². The molecule has 0 spiro atoms. The number of hydrogen-bond donors (Lipinski definition) is 2. The van der Waals surface area contributed by atoms with Crippen LogP contribution in [0.5, 0.6) is 5.75 Å². The molecule has 0 bridgehead atoms. The van der Waals surface area contributed by atoms with Gasteiger partial charge in [0.1, 0.15) is 10.9 Å². The highest BCUT2D eigenvalue weighted by atomic mass is 35.5. The highest BCUT2D eigenvalue weighted by molar-refractivity contribution is 6.32. The van der Waals surface area contributed by atoms with E-state index in [4.69, 9.17) is 11.6 Å². The van der Waals surface area contributed by atoms with E-state index in [0.29, 0.717) is 16.4 Å². The van der Waals surface area contributed by atoms with E-state index in [1.807, 2.05) is 30.3 Å². The normalized spacial score (nSPS) is 11.0. The zero-order valence-corrected chi connectivity index (χ0v) is 14.1. The third kappa shape index (κ3) is 3.54. The monoisotopic (exact) mass is 354 g/mol. The second-order valence-corrected chi connectivity index (χ2v) is 5.61. The summed E-state index contributed by atoms with van der Waals surface area (Å²) in [7, 11) is 0. The zero-order valence-electron chi connectivity index (χ0n) is 13.3. The standard InChI is InChI=1S/C18H15ClN4O2/c1-12-15(17(19)23(22-12)13-7-3-2-4-8-13)11-20-21-18(25)14-9-5-6-10-16(14)24/h2-11,24H,1H3,(H,21,25)/b20-11+. The maximum absolute atomic E-state index is 12.0. The first kappa shape index (κ1) is 16.7. The summed E-state index contributed by atoms with van der Waals surface area (Å²) >= 11 is 6.38. The lowest BCUT2D eigenvalue weighted by atomic mass is 10.2. The van der Waals surface area contributed by atoms with E-state index in [1.54, 1.807) is 23.7 Å². The zero-order chi connectivity index (χ0) is 17.8. The van der Waals surface area contributed by atoms with E-state index < -0.39 is 5.91 Å². The number of nitrogens with one attached hydrogen (secondary N) is 1. The molecule has 0 saturated heterocycles. The van der Waals surface area contributed by atoms with Gasteiger partial charge in [0.05, 0.1) is 28.7 Å². The molecule has 7 heteroatoms. The maximum Gasteiger partial charge on any atom is 0.275 e. The van der Waals surface area contributed by atoms with Gasteiger partial charge in [-0.3, -0.25) is 4.79 Å². The molecule has 2 aromatic carbocycles. The summed E-state index contributed by atoms with van der Waals surface area (Å²) < 4.78 is 1.60. The van der Waals surface area contributed by atoms with Crippen molar-refractivity contribution in [2.75, 3.05) is 0 Å². The highest BCUT2D eigenvalue weighted by Crippen LogP contribution is 2.22. The number of rotatable bonds is 4. The van der Waals surface area contributed by atoms with E-state index in [9.17, 15) is 9.90 Å². The Bertz CT molecular complexity index is 936. The first-order valence-corrected chi connectivity index (χ1v) is 7.87. The summed E-state index contributed by atoms with van der Waals surface area (Å²) in [6, 6.07) is 15.7. The number of para-hydroxylation sites is 2. The number of carbonyl (C=O) groups excluding carboxylic acids is 1. The van der Waals surface area contributed by atoms with Gasteiger partial charge in [-0.05, 0) is 31.2 Å². The Balaban J connectivity index is 1.80. The van der Waals surface area contributed by atoms with Crippen LogP contribution in [0.2, 0.25) is 5.15 Å². The van der Waals surface area contributed by atoms with Crippen LogP contribution in [0.15, 0.2) is 59.7 Å². The van der Waals surface area contributed by atoms with Crippen LogP contribution in [0, 0.1) is 6.92 Å². The molecule has 0 aliphatic heterocycles. The van der Waals surface area contributed by atoms with Gasteiger partial charge in [-0.25, -0.2) is 10.1 Å². The first-order chi connectivity index (χ1) is 12.1. The molecular weight excluding hydrogens is 340 g/mol. The SMILES string of the molecule is Cc1nn(-c2ccccc2)c(Cl)c1/C=N/NC(=O)c1ccccc1O. The van der Waals surface area contributed by atoms with Crippen molar-refractivity contribution in [3.63, 3.8) is 0 Å². The van der Waals surface area contributed by atoms with Gasteiger partial charge in [0.2, 0.25) is 0 Å². The van der Waals surface area contributed by atoms with E-state index in [2.05, 4.69) is 15.6 Å². The molecule has 1 amide bonds.